The van der Waals surface area contributed by atoms with E-state index in [1.54, 1.807) is 0 Å². The molecule has 0 spiro atoms. The minimum Gasteiger partial charge on any atom is -0.330 e. The zero-order valence-corrected chi connectivity index (χ0v) is 12.1. The smallest absolute Gasteiger partial charge is 0.295 e. The Hall–Kier alpha value is -0.840. The Morgan fingerprint density at radius 3 is 2.74 bits per heavy atom. The molecule has 4 unspecified atom stereocenters. The lowest BCUT2D eigenvalue weighted by Crippen LogP contribution is -2.51. The van der Waals surface area contributed by atoms with Gasteiger partial charge in [-0.1, -0.05) is 20.3 Å². The van der Waals surface area contributed by atoms with E-state index in [1.165, 1.54) is 6.42 Å². The van der Waals surface area contributed by atoms with Crippen molar-refractivity contribution in [2.24, 2.45) is 23.0 Å². The van der Waals surface area contributed by atoms with E-state index in [0.717, 1.165) is 38.5 Å². The molecule has 2 rings (SSSR count). The van der Waals surface area contributed by atoms with E-state index in [4.69, 9.17) is 10.6 Å². The van der Waals surface area contributed by atoms with E-state index >= 15 is 0 Å². The second-order valence-corrected chi connectivity index (χ2v) is 7.01. The number of fused-ring (bicyclic) bond motifs is 2. The summed E-state index contributed by atoms with van der Waals surface area (Å²) >= 11 is 0. The van der Waals surface area contributed by atoms with Gasteiger partial charge < -0.3 is 10.6 Å². The van der Waals surface area contributed by atoms with Gasteiger partial charge in [0.1, 0.15) is 5.60 Å². The second-order valence-electron chi connectivity index (χ2n) is 7.01. The molecule has 0 aromatic rings. The van der Waals surface area contributed by atoms with Crippen molar-refractivity contribution in [3.8, 4) is 0 Å². The van der Waals surface area contributed by atoms with Crippen molar-refractivity contribution < 1.29 is 9.92 Å². The Morgan fingerprint density at radius 1 is 1.42 bits per heavy atom. The maximum Gasteiger partial charge on any atom is 0.295 e. The highest BCUT2D eigenvalue weighted by Crippen LogP contribution is 2.55. The van der Waals surface area contributed by atoms with Gasteiger partial charge in [0.2, 0.25) is 0 Å². The largest absolute Gasteiger partial charge is 0.330 e. The van der Waals surface area contributed by atoms with E-state index in [2.05, 4.69) is 13.8 Å². The third-order valence-corrected chi connectivity index (χ3v) is 5.11. The molecule has 2 aliphatic carbocycles. The molecule has 2 bridgehead atoms. The maximum atomic E-state index is 10.9. The summed E-state index contributed by atoms with van der Waals surface area (Å²) in [4.78, 5) is 16.1. The Balaban J connectivity index is 2.21. The van der Waals surface area contributed by atoms with Gasteiger partial charge in [0.05, 0.1) is 0 Å². The van der Waals surface area contributed by atoms with Crippen molar-refractivity contribution in [3.63, 3.8) is 0 Å². The van der Waals surface area contributed by atoms with E-state index in [9.17, 15) is 10.1 Å². The molecular weight excluding hydrogens is 244 g/mol. The van der Waals surface area contributed by atoms with Crippen LogP contribution in [0.2, 0.25) is 0 Å². The predicted octanol–water partition coefficient (Wildman–Crippen LogP) is 2.91. The van der Waals surface area contributed by atoms with Gasteiger partial charge >= 0.3 is 0 Å². The Labute approximate surface area is 115 Å². The number of rotatable bonds is 5. The van der Waals surface area contributed by atoms with Crippen LogP contribution in [0, 0.1) is 27.4 Å². The molecule has 0 amide bonds. The highest BCUT2D eigenvalue weighted by molar-refractivity contribution is 5.01. The first kappa shape index (κ1) is 14.6. The summed E-state index contributed by atoms with van der Waals surface area (Å²) in [6.07, 6.45) is 6.83. The first-order valence-corrected chi connectivity index (χ1v) is 7.44. The van der Waals surface area contributed by atoms with Crippen molar-refractivity contribution in [1.29, 1.82) is 0 Å². The van der Waals surface area contributed by atoms with Crippen LogP contribution in [0.3, 0.4) is 0 Å². The highest BCUT2D eigenvalue weighted by Gasteiger charge is 2.52. The zero-order valence-electron chi connectivity index (χ0n) is 12.1. The van der Waals surface area contributed by atoms with Gasteiger partial charge in [0, 0.05) is 0 Å². The summed E-state index contributed by atoms with van der Waals surface area (Å²) < 4.78 is 0. The van der Waals surface area contributed by atoms with Gasteiger partial charge in [-0.2, -0.15) is 0 Å². The first-order valence-electron chi connectivity index (χ1n) is 7.44. The van der Waals surface area contributed by atoms with Crippen molar-refractivity contribution >= 4 is 0 Å². The molecule has 110 valence electrons. The number of hydrogen-bond donors (Lipinski definition) is 1. The van der Waals surface area contributed by atoms with Crippen LogP contribution in [0.1, 0.15) is 58.8 Å². The van der Waals surface area contributed by atoms with Crippen LogP contribution in [-0.4, -0.2) is 17.2 Å². The molecule has 0 aromatic carbocycles. The van der Waals surface area contributed by atoms with E-state index in [-0.39, 0.29) is 5.41 Å². The molecule has 0 radical (unpaired) electrons. The highest BCUT2D eigenvalue weighted by atomic mass is 17.0. The van der Waals surface area contributed by atoms with Crippen LogP contribution in [-0.2, 0) is 4.84 Å². The third kappa shape index (κ3) is 3.19. The van der Waals surface area contributed by atoms with Crippen LogP contribution < -0.4 is 5.73 Å². The van der Waals surface area contributed by atoms with Crippen LogP contribution in [0.25, 0.3) is 0 Å². The Kier molecular flexibility index (Phi) is 4.04. The SMILES string of the molecule is CCC1CC2CC(C)(CCN)CC(O[N+](=O)[O-])(C1)C2. The lowest BCUT2D eigenvalue weighted by Gasteiger charge is -2.53. The molecule has 2 aliphatic rings. The summed E-state index contributed by atoms with van der Waals surface area (Å²) in [5.41, 5.74) is 5.28. The summed E-state index contributed by atoms with van der Waals surface area (Å²) in [6.45, 7) is 5.04. The van der Waals surface area contributed by atoms with Crippen LogP contribution in [0.4, 0.5) is 0 Å². The lowest BCUT2D eigenvalue weighted by atomic mass is 9.56. The van der Waals surface area contributed by atoms with Crippen molar-refractivity contribution in [2.75, 3.05) is 6.54 Å². The average Bonchev–Trinajstić information content (AvgIpc) is 2.25. The van der Waals surface area contributed by atoms with Crippen LogP contribution >= 0.6 is 0 Å². The van der Waals surface area contributed by atoms with Gasteiger partial charge in [-0.05, 0) is 62.3 Å². The number of nitrogens with two attached hydrogens (primary N) is 1. The van der Waals surface area contributed by atoms with Gasteiger partial charge in [-0.3, -0.25) is 0 Å². The Morgan fingerprint density at radius 2 is 2.16 bits per heavy atom. The van der Waals surface area contributed by atoms with Gasteiger partial charge in [-0.15, -0.1) is 10.1 Å². The maximum absolute atomic E-state index is 10.9. The monoisotopic (exact) mass is 270 g/mol. The molecule has 5 nitrogen and oxygen atoms in total. The quantitative estimate of drug-likeness (QED) is 0.615. The van der Waals surface area contributed by atoms with Crippen molar-refractivity contribution in [3.05, 3.63) is 10.1 Å². The lowest BCUT2D eigenvalue weighted by molar-refractivity contribution is -0.784. The first-order chi connectivity index (χ1) is 8.90. The van der Waals surface area contributed by atoms with Crippen molar-refractivity contribution in [1.82, 2.24) is 0 Å². The van der Waals surface area contributed by atoms with Gasteiger partial charge in [-0.25, -0.2) is 0 Å². The van der Waals surface area contributed by atoms with Crippen molar-refractivity contribution in [2.45, 2.75) is 64.4 Å². The van der Waals surface area contributed by atoms with Crippen LogP contribution in [0.15, 0.2) is 0 Å². The zero-order chi connectivity index (χ0) is 14.1. The second kappa shape index (κ2) is 5.27. The van der Waals surface area contributed by atoms with Crippen LogP contribution in [0.5, 0.6) is 0 Å². The number of nitrogens with zero attached hydrogens (tertiary/aromatic N) is 1. The molecule has 0 aromatic heterocycles. The topological polar surface area (TPSA) is 78.4 Å². The molecule has 2 N–H and O–H groups in total. The molecule has 2 saturated carbocycles. The average molecular weight is 270 g/mol. The van der Waals surface area contributed by atoms with E-state index in [1.807, 2.05) is 0 Å². The molecule has 4 atom stereocenters. The molecule has 0 heterocycles. The fraction of sp³-hybridized carbons (Fsp3) is 1.00. The minimum absolute atomic E-state index is 0.104. The number of hydrogen-bond acceptors (Lipinski definition) is 4. The predicted molar refractivity (Wildman–Crippen MR) is 72.9 cm³/mol. The fourth-order valence-corrected chi connectivity index (χ4v) is 4.74. The molecular formula is C14H26N2O3. The normalized spacial score (nSPS) is 41.8. The fourth-order valence-electron chi connectivity index (χ4n) is 4.74. The summed E-state index contributed by atoms with van der Waals surface area (Å²) in [6, 6.07) is 0. The summed E-state index contributed by atoms with van der Waals surface area (Å²) in [5.74, 6) is 1.13. The van der Waals surface area contributed by atoms with Gasteiger partial charge in [0.25, 0.3) is 5.09 Å². The molecule has 0 saturated heterocycles. The Bertz CT molecular complexity index is 350. The molecule has 2 fully saturated rings. The van der Waals surface area contributed by atoms with Gasteiger partial charge in [0.15, 0.2) is 0 Å². The minimum atomic E-state index is -0.580. The molecule has 19 heavy (non-hydrogen) atoms. The summed E-state index contributed by atoms with van der Waals surface area (Å²) in [7, 11) is 0. The molecule has 5 heteroatoms. The standard InChI is InChI=1S/C14H26N2O3/c1-3-11-6-12-7-13(2,4-5-15)10-14(8-11,9-12)19-16(17)18/h11-12H,3-10,15H2,1-2H3. The summed E-state index contributed by atoms with van der Waals surface area (Å²) in [5, 5.41) is 10.3. The third-order valence-electron chi connectivity index (χ3n) is 5.11. The van der Waals surface area contributed by atoms with E-state index in [0.29, 0.717) is 18.4 Å². The van der Waals surface area contributed by atoms with E-state index < -0.39 is 10.7 Å². The molecule has 0 aliphatic heterocycles.